The van der Waals surface area contributed by atoms with Crippen LogP contribution in [-0.2, 0) is 16.2 Å². The number of rotatable bonds is 5. The van der Waals surface area contributed by atoms with Crippen molar-refractivity contribution >= 4 is 21.8 Å². The van der Waals surface area contributed by atoms with Gasteiger partial charge in [0.2, 0.25) is 0 Å². The molecule has 1 saturated heterocycles. The van der Waals surface area contributed by atoms with Crippen LogP contribution in [-0.4, -0.2) is 43.6 Å². The second kappa shape index (κ2) is 7.56. The fourth-order valence-corrected chi connectivity index (χ4v) is 2.32. The molecule has 0 aliphatic carbocycles. The molecule has 0 saturated carbocycles. The minimum Gasteiger partial charge on any atom is -0.389 e. The lowest BCUT2D eigenvalue weighted by molar-refractivity contribution is 0.0442. The standard InChI is InChI=1S/C13H17BrFN3O2/c14-11-2-1-3-12(15)10(11)9-20-17-13(16)8-18-4-6-19-7-5-18/h1-3H,4-9H2,(H2,16,17). The number of benzene rings is 1. The molecule has 1 fully saturated rings. The van der Waals surface area contributed by atoms with Crippen LogP contribution in [0.5, 0.6) is 0 Å². The Labute approximate surface area is 125 Å². The molecule has 1 aromatic rings. The van der Waals surface area contributed by atoms with Gasteiger partial charge in [0.1, 0.15) is 12.4 Å². The first-order chi connectivity index (χ1) is 9.66. The number of morpholine rings is 1. The maximum atomic E-state index is 13.5. The fourth-order valence-electron chi connectivity index (χ4n) is 1.87. The smallest absolute Gasteiger partial charge is 0.153 e. The monoisotopic (exact) mass is 345 g/mol. The van der Waals surface area contributed by atoms with E-state index >= 15 is 0 Å². The lowest BCUT2D eigenvalue weighted by atomic mass is 10.2. The summed E-state index contributed by atoms with van der Waals surface area (Å²) < 4.78 is 19.4. The molecule has 0 aromatic heterocycles. The molecule has 1 aliphatic rings. The minimum atomic E-state index is -0.332. The Morgan fingerprint density at radius 3 is 2.90 bits per heavy atom. The largest absolute Gasteiger partial charge is 0.389 e. The number of ether oxygens (including phenoxy) is 1. The molecular formula is C13H17BrFN3O2. The van der Waals surface area contributed by atoms with Gasteiger partial charge in [-0.2, -0.15) is 0 Å². The van der Waals surface area contributed by atoms with Crippen molar-refractivity contribution < 1.29 is 14.0 Å². The van der Waals surface area contributed by atoms with Crippen molar-refractivity contribution in [3.05, 3.63) is 34.1 Å². The van der Waals surface area contributed by atoms with Crippen molar-refractivity contribution in [3.63, 3.8) is 0 Å². The molecule has 110 valence electrons. The van der Waals surface area contributed by atoms with E-state index in [9.17, 15) is 4.39 Å². The summed E-state index contributed by atoms with van der Waals surface area (Å²) in [6.45, 7) is 3.63. The van der Waals surface area contributed by atoms with Gasteiger partial charge < -0.3 is 15.3 Å². The third kappa shape index (κ3) is 4.43. The van der Waals surface area contributed by atoms with Crippen LogP contribution in [0.1, 0.15) is 5.56 Å². The molecule has 1 aromatic carbocycles. The summed E-state index contributed by atoms with van der Waals surface area (Å²) in [6, 6.07) is 4.76. The normalized spacial score (nSPS) is 17.2. The first-order valence-corrected chi connectivity index (χ1v) is 7.13. The Hall–Kier alpha value is -1.18. The highest BCUT2D eigenvalue weighted by Crippen LogP contribution is 2.20. The highest BCUT2D eigenvalue weighted by molar-refractivity contribution is 9.10. The number of halogens is 2. The van der Waals surface area contributed by atoms with E-state index in [1.54, 1.807) is 12.1 Å². The van der Waals surface area contributed by atoms with Crippen LogP contribution in [0.15, 0.2) is 27.8 Å². The zero-order valence-corrected chi connectivity index (χ0v) is 12.6. The number of oxime groups is 1. The van der Waals surface area contributed by atoms with Gasteiger partial charge in [0.15, 0.2) is 5.84 Å². The van der Waals surface area contributed by atoms with Crippen LogP contribution < -0.4 is 5.73 Å². The predicted molar refractivity (Wildman–Crippen MR) is 77.8 cm³/mol. The van der Waals surface area contributed by atoms with Gasteiger partial charge in [-0.25, -0.2) is 4.39 Å². The highest BCUT2D eigenvalue weighted by atomic mass is 79.9. The molecule has 0 bridgehead atoms. The van der Waals surface area contributed by atoms with E-state index in [0.29, 0.717) is 35.6 Å². The molecule has 0 atom stereocenters. The second-order valence-corrected chi connectivity index (χ2v) is 5.30. The summed E-state index contributed by atoms with van der Waals surface area (Å²) in [6.07, 6.45) is 0. The maximum Gasteiger partial charge on any atom is 0.153 e. The van der Waals surface area contributed by atoms with Crippen LogP contribution >= 0.6 is 15.9 Å². The molecule has 2 rings (SSSR count). The van der Waals surface area contributed by atoms with Gasteiger partial charge in [-0.15, -0.1) is 0 Å². The maximum absolute atomic E-state index is 13.5. The summed E-state index contributed by atoms with van der Waals surface area (Å²) in [5.74, 6) is 0.0423. The van der Waals surface area contributed by atoms with Gasteiger partial charge in [-0.3, -0.25) is 4.90 Å². The summed E-state index contributed by atoms with van der Waals surface area (Å²) in [5.41, 5.74) is 6.21. The summed E-state index contributed by atoms with van der Waals surface area (Å²) >= 11 is 3.27. The molecule has 1 heterocycles. The average Bonchev–Trinajstić information content (AvgIpc) is 2.43. The third-order valence-electron chi connectivity index (χ3n) is 2.94. The SMILES string of the molecule is N/C(CN1CCOCC1)=N\OCc1c(F)cccc1Br. The molecular weight excluding hydrogens is 329 g/mol. The van der Waals surface area contributed by atoms with E-state index in [0.717, 1.165) is 13.1 Å². The molecule has 2 N–H and O–H groups in total. The Morgan fingerprint density at radius 1 is 1.45 bits per heavy atom. The van der Waals surface area contributed by atoms with Crippen molar-refractivity contribution in [2.45, 2.75) is 6.61 Å². The van der Waals surface area contributed by atoms with E-state index in [-0.39, 0.29) is 12.4 Å². The summed E-state index contributed by atoms with van der Waals surface area (Å²) in [7, 11) is 0. The average molecular weight is 346 g/mol. The summed E-state index contributed by atoms with van der Waals surface area (Å²) in [5, 5.41) is 3.82. The Morgan fingerprint density at radius 2 is 2.20 bits per heavy atom. The topological polar surface area (TPSA) is 60.1 Å². The first kappa shape index (κ1) is 15.2. The quantitative estimate of drug-likeness (QED) is 0.501. The van der Waals surface area contributed by atoms with Crippen molar-refractivity contribution in [3.8, 4) is 0 Å². The molecule has 20 heavy (non-hydrogen) atoms. The van der Waals surface area contributed by atoms with Gasteiger partial charge in [-0.05, 0) is 12.1 Å². The molecule has 1 aliphatic heterocycles. The third-order valence-corrected chi connectivity index (χ3v) is 3.68. The van der Waals surface area contributed by atoms with E-state index in [4.69, 9.17) is 15.3 Å². The zero-order chi connectivity index (χ0) is 14.4. The number of amidine groups is 1. The van der Waals surface area contributed by atoms with Crippen LogP contribution in [0.4, 0.5) is 4.39 Å². The Bertz CT molecular complexity index is 458. The lowest BCUT2D eigenvalue weighted by Crippen LogP contribution is -2.41. The fraction of sp³-hybridized carbons (Fsp3) is 0.462. The number of hydrogen-bond acceptors (Lipinski definition) is 4. The van der Waals surface area contributed by atoms with Crippen molar-refractivity contribution in [2.24, 2.45) is 10.9 Å². The molecule has 7 heteroatoms. The Balaban J connectivity index is 1.83. The summed E-state index contributed by atoms with van der Waals surface area (Å²) in [4.78, 5) is 7.25. The highest BCUT2D eigenvalue weighted by Gasteiger charge is 2.12. The number of nitrogens with two attached hydrogens (primary N) is 1. The lowest BCUT2D eigenvalue weighted by Gasteiger charge is -2.25. The van der Waals surface area contributed by atoms with Crippen molar-refractivity contribution in [1.82, 2.24) is 4.90 Å². The molecule has 0 unspecified atom stereocenters. The second-order valence-electron chi connectivity index (χ2n) is 4.44. The van der Waals surface area contributed by atoms with Gasteiger partial charge in [-0.1, -0.05) is 27.2 Å². The Kier molecular flexibility index (Phi) is 5.75. The number of hydrogen-bond donors (Lipinski definition) is 1. The first-order valence-electron chi connectivity index (χ1n) is 6.34. The van der Waals surface area contributed by atoms with E-state index in [2.05, 4.69) is 26.0 Å². The molecule has 0 amide bonds. The molecule has 0 spiro atoms. The van der Waals surface area contributed by atoms with E-state index in [1.165, 1.54) is 6.07 Å². The van der Waals surface area contributed by atoms with Crippen LogP contribution in [0.2, 0.25) is 0 Å². The van der Waals surface area contributed by atoms with Gasteiger partial charge in [0, 0.05) is 23.1 Å². The van der Waals surface area contributed by atoms with Crippen LogP contribution in [0, 0.1) is 5.82 Å². The van der Waals surface area contributed by atoms with Gasteiger partial charge in [0.25, 0.3) is 0 Å². The van der Waals surface area contributed by atoms with Crippen molar-refractivity contribution in [2.75, 3.05) is 32.8 Å². The van der Waals surface area contributed by atoms with Gasteiger partial charge in [0.05, 0.1) is 19.8 Å². The van der Waals surface area contributed by atoms with E-state index in [1.807, 2.05) is 0 Å². The van der Waals surface area contributed by atoms with Crippen LogP contribution in [0.25, 0.3) is 0 Å². The zero-order valence-electron chi connectivity index (χ0n) is 11.0. The van der Waals surface area contributed by atoms with E-state index < -0.39 is 0 Å². The van der Waals surface area contributed by atoms with Crippen LogP contribution in [0.3, 0.4) is 0 Å². The number of nitrogens with zero attached hydrogens (tertiary/aromatic N) is 2. The van der Waals surface area contributed by atoms with Gasteiger partial charge >= 0.3 is 0 Å². The minimum absolute atomic E-state index is 0.0388. The molecule has 5 nitrogen and oxygen atoms in total. The van der Waals surface area contributed by atoms with Crippen molar-refractivity contribution in [1.29, 1.82) is 0 Å². The molecule has 0 radical (unpaired) electrons. The predicted octanol–water partition coefficient (Wildman–Crippen LogP) is 1.71.